The van der Waals surface area contributed by atoms with Crippen molar-refractivity contribution < 1.29 is 9.18 Å². The molecule has 0 amide bonds. The molecule has 15 heavy (non-hydrogen) atoms. The van der Waals surface area contributed by atoms with Gasteiger partial charge in [-0.15, -0.1) is 0 Å². The van der Waals surface area contributed by atoms with Crippen LogP contribution in [0.3, 0.4) is 0 Å². The van der Waals surface area contributed by atoms with E-state index in [0.717, 1.165) is 24.9 Å². The summed E-state index contributed by atoms with van der Waals surface area (Å²) in [7, 11) is 0. The van der Waals surface area contributed by atoms with Crippen molar-refractivity contribution in [1.29, 1.82) is 0 Å². The fourth-order valence-corrected chi connectivity index (χ4v) is 1.51. The van der Waals surface area contributed by atoms with Crippen molar-refractivity contribution in [3.8, 4) is 0 Å². The summed E-state index contributed by atoms with van der Waals surface area (Å²) in [6, 6.07) is 7.22. The van der Waals surface area contributed by atoms with Gasteiger partial charge in [-0.05, 0) is 30.7 Å². The summed E-state index contributed by atoms with van der Waals surface area (Å²) in [5, 5.41) is 0. The van der Waals surface area contributed by atoms with E-state index in [2.05, 4.69) is 6.92 Å². The zero-order valence-corrected chi connectivity index (χ0v) is 8.95. The number of rotatable bonds is 6. The quantitative estimate of drug-likeness (QED) is 0.670. The van der Waals surface area contributed by atoms with Crippen molar-refractivity contribution in [2.45, 2.75) is 13.3 Å². The maximum atomic E-state index is 12.3. The molecular weight excluding hydrogens is 192 g/mol. The Kier molecular flexibility index (Phi) is 4.81. The summed E-state index contributed by atoms with van der Waals surface area (Å²) in [5.41, 5.74) is 1.62. The minimum atomic E-state index is -0.352. The molecule has 1 aromatic carbocycles. The number of halogens is 1. The average Bonchev–Trinajstić information content (AvgIpc) is 2.29. The fourth-order valence-electron chi connectivity index (χ4n) is 1.51. The molecule has 2 nitrogen and oxygen atoms in total. The van der Waals surface area contributed by atoms with Gasteiger partial charge in [0.05, 0.1) is 0 Å². The normalized spacial score (nSPS) is 10.0. The van der Waals surface area contributed by atoms with Crippen LogP contribution >= 0.6 is 0 Å². The Morgan fingerprint density at radius 2 is 1.93 bits per heavy atom. The highest BCUT2D eigenvalue weighted by Gasteiger charge is 2.04. The first-order valence-electron chi connectivity index (χ1n) is 5.18. The van der Waals surface area contributed by atoms with E-state index in [1.807, 2.05) is 17.0 Å². The van der Waals surface area contributed by atoms with Gasteiger partial charge < -0.3 is 4.90 Å². The molecule has 82 valence electrons. The number of benzene rings is 1. The van der Waals surface area contributed by atoms with E-state index < -0.39 is 0 Å². The Balaban J connectivity index is 2.76. The predicted octanol–water partition coefficient (Wildman–Crippen LogP) is 2.69. The van der Waals surface area contributed by atoms with E-state index in [4.69, 9.17) is 0 Å². The number of hydrogen-bond donors (Lipinski definition) is 0. The van der Waals surface area contributed by atoms with Crippen molar-refractivity contribution >= 4 is 12.0 Å². The third kappa shape index (κ3) is 3.35. The lowest BCUT2D eigenvalue weighted by molar-refractivity contribution is 0.112. The zero-order chi connectivity index (χ0) is 11.1. The molecule has 1 rings (SSSR count). The maximum Gasteiger partial charge on any atom is 0.150 e. The number of aldehydes is 1. The van der Waals surface area contributed by atoms with Gasteiger partial charge in [-0.25, -0.2) is 4.39 Å². The molecule has 0 aromatic heterocycles. The smallest absolute Gasteiger partial charge is 0.150 e. The monoisotopic (exact) mass is 208 g/mol. The van der Waals surface area contributed by atoms with Crippen LogP contribution in [-0.2, 0) is 0 Å². The van der Waals surface area contributed by atoms with Crippen molar-refractivity contribution in [3.05, 3.63) is 29.8 Å². The number of carbonyl (C=O) groups excluding carboxylic acids is 1. The van der Waals surface area contributed by atoms with Gasteiger partial charge in [-0.2, -0.15) is 0 Å². The Bertz CT molecular complexity index is 291. The highest BCUT2D eigenvalue weighted by Crippen LogP contribution is 2.14. The Labute approximate surface area is 89.7 Å². The molecule has 0 heterocycles. The van der Waals surface area contributed by atoms with Gasteiger partial charge in [0.15, 0.2) is 0 Å². The van der Waals surface area contributed by atoms with Crippen molar-refractivity contribution in [3.63, 3.8) is 0 Å². The van der Waals surface area contributed by atoms with E-state index in [1.165, 1.54) is 0 Å². The van der Waals surface area contributed by atoms with Crippen LogP contribution in [0.4, 0.5) is 10.1 Å². The number of anilines is 1. The number of hydrogen-bond acceptors (Lipinski definition) is 2. The zero-order valence-electron chi connectivity index (χ0n) is 8.95. The molecule has 3 heteroatoms. The number of alkyl halides is 1. The van der Waals surface area contributed by atoms with Gasteiger partial charge in [0.25, 0.3) is 0 Å². The van der Waals surface area contributed by atoms with Crippen LogP contribution in [-0.4, -0.2) is 26.1 Å². The highest BCUT2D eigenvalue weighted by molar-refractivity contribution is 5.75. The average molecular weight is 208 g/mol. The van der Waals surface area contributed by atoms with Crippen LogP contribution in [0.25, 0.3) is 0 Å². The van der Waals surface area contributed by atoms with E-state index in [9.17, 15) is 9.18 Å². The summed E-state index contributed by atoms with van der Waals surface area (Å²) < 4.78 is 12.3. The SMILES string of the molecule is CCCN(CC[18F])c1ccc(C=O)cc1. The first-order valence-corrected chi connectivity index (χ1v) is 5.18. The van der Waals surface area contributed by atoms with Crippen LogP contribution in [0.1, 0.15) is 23.7 Å². The first kappa shape index (κ1) is 11.7. The van der Waals surface area contributed by atoms with Crippen LogP contribution in [0.15, 0.2) is 24.3 Å². The summed E-state index contributed by atoms with van der Waals surface area (Å²) in [4.78, 5) is 12.4. The summed E-state index contributed by atoms with van der Waals surface area (Å²) in [6.45, 7) is 2.96. The van der Waals surface area contributed by atoms with Crippen molar-refractivity contribution in [1.82, 2.24) is 0 Å². The van der Waals surface area contributed by atoms with Crippen LogP contribution < -0.4 is 4.90 Å². The number of nitrogens with zero attached hydrogens (tertiary/aromatic N) is 1. The van der Waals surface area contributed by atoms with Crippen LogP contribution in [0.5, 0.6) is 0 Å². The molecule has 0 fully saturated rings. The molecule has 1 aromatic rings. The number of carbonyl (C=O) groups is 1. The second-order valence-corrected chi connectivity index (χ2v) is 3.39. The van der Waals surface area contributed by atoms with Crippen LogP contribution in [0.2, 0.25) is 0 Å². The molecule has 0 unspecified atom stereocenters. The van der Waals surface area contributed by atoms with E-state index in [1.54, 1.807) is 12.1 Å². The maximum absolute atomic E-state index is 12.3. The third-order valence-electron chi connectivity index (χ3n) is 2.24. The summed E-state index contributed by atoms with van der Waals surface area (Å²) >= 11 is 0. The van der Waals surface area contributed by atoms with Crippen molar-refractivity contribution in [2.24, 2.45) is 0 Å². The van der Waals surface area contributed by atoms with Crippen LogP contribution in [0, 0.1) is 0 Å². The minimum Gasteiger partial charge on any atom is -0.369 e. The molecule has 0 aliphatic rings. The van der Waals surface area contributed by atoms with E-state index >= 15 is 0 Å². The van der Waals surface area contributed by atoms with Gasteiger partial charge in [0.2, 0.25) is 0 Å². The fraction of sp³-hybridized carbons (Fsp3) is 0.417. The molecule has 0 aliphatic carbocycles. The van der Waals surface area contributed by atoms with Gasteiger partial charge in [0.1, 0.15) is 13.0 Å². The standard InChI is InChI=1S/C12H16FNO/c1-2-8-14(9-7-13)12-5-3-11(10-15)4-6-12/h3-6,10H,2,7-9H2,1H3/i13-1. The predicted molar refractivity (Wildman–Crippen MR) is 60.3 cm³/mol. The lowest BCUT2D eigenvalue weighted by Gasteiger charge is -2.22. The molecule has 0 atom stereocenters. The molecule has 0 bridgehead atoms. The minimum absolute atomic E-state index is 0.352. The van der Waals surface area contributed by atoms with E-state index in [-0.39, 0.29) is 6.67 Å². The lowest BCUT2D eigenvalue weighted by atomic mass is 10.2. The molecule has 0 saturated carbocycles. The molecule has 0 radical (unpaired) electrons. The first-order chi connectivity index (χ1) is 7.31. The lowest BCUT2D eigenvalue weighted by Crippen LogP contribution is -2.26. The second kappa shape index (κ2) is 6.17. The van der Waals surface area contributed by atoms with Gasteiger partial charge in [0, 0.05) is 24.3 Å². The molecule has 0 N–H and O–H groups in total. The second-order valence-electron chi connectivity index (χ2n) is 3.39. The Morgan fingerprint density at radius 1 is 1.27 bits per heavy atom. The molecular formula is C12H16FNO. The molecule has 0 aliphatic heterocycles. The van der Waals surface area contributed by atoms with E-state index in [0.29, 0.717) is 12.1 Å². The topological polar surface area (TPSA) is 20.3 Å². The Morgan fingerprint density at radius 3 is 2.40 bits per heavy atom. The van der Waals surface area contributed by atoms with Gasteiger partial charge >= 0.3 is 0 Å². The van der Waals surface area contributed by atoms with Crippen molar-refractivity contribution in [2.75, 3.05) is 24.7 Å². The molecule has 0 saturated heterocycles. The largest absolute Gasteiger partial charge is 0.369 e. The molecule has 0 spiro atoms. The van der Waals surface area contributed by atoms with Gasteiger partial charge in [-0.3, -0.25) is 4.79 Å². The Hall–Kier alpha value is -1.38. The highest BCUT2D eigenvalue weighted by atomic mass is 18.2. The van der Waals surface area contributed by atoms with Gasteiger partial charge in [-0.1, -0.05) is 6.92 Å². The summed E-state index contributed by atoms with van der Waals surface area (Å²) in [6.07, 6.45) is 1.79. The summed E-state index contributed by atoms with van der Waals surface area (Å²) in [5.74, 6) is 0. The third-order valence-corrected chi connectivity index (χ3v) is 2.24.